The maximum atomic E-state index is 5.79. The molecule has 1 heterocycles. The molecule has 88 valence electrons. The lowest BCUT2D eigenvalue weighted by Crippen LogP contribution is -2.28. The van der Waals surface area contributed by atoms with Crippen LogP contribution in [0.3, 0.4) is 0 Å². The SMILES string of the molecule is CN1CCCN(c2ccc(CCl)cc2)CC1. The van der Waals surface area contributed by atoms with Gasteiger partial charge in [-0.05, 0) is 37.7 Å². The van der Waals surface area contributed by atoms with Crippen molar-refractivity contribution in [3.63, 3.8) is 0 Å². The number of likely N-dealkylation sites (N-methyl/N-ethyl adjacent to an activating group) is 1. The molecule has 3 heteroatoms. The largest absolute Gasteiger partial charge is 0.370 e. The Morgan fingerprint density at radius 1 is 1.06 bits per heavy atom. The second-order valence-corrected chi connectivity index (χ2v) is 4.71. The number of halogens is 1. The first-order valence-corrected chi connectivity index (χ1v) is 6.41. The predicted molar refractivity (Wildman–Crippen MR) is 70.3 cm³/mol. The molecule has 0 unspecified atom stereocenters. The van der Waals surface area contributed by atoms with Gasteiger partial charge in [0.1, 0.15) is 0 Å². The second-order valence-electron chi connectivity index (χ2n) is 4.44. The van der Waals surface area contributed by atoms with Crippen LogP contribution in [0.25, 0.3) is 0 Å². The van der Waals surface area contributed by atoms with E-state index in [4.69, 9.17) is 11.6 Å². The minimum atomic E-state index is 0.600. The molecule has 1 aromatic carbocycles. The molecule has 0 bridgehead atoms. The summed E-state index contributed by atoms with van der Waals surface area (Å²) in [6.07, 6.45) is 1.24. The first kappa shape index (κ1) is 11.7. The quantitative estimate of drug-likeness (QED) is 0.731. The fraction of sp³-hybridized carbons (Fsp3) is 0.538. The van der Waals surface area contributed by atoms with E-state index in [0.717, 1.165) is 19.6 Å². The van der Waals surface area contributed by atoms with Crippen LogP contribution < -0.4 is 4.90 Å². The molecule has 0 saturated carbocycles. The van der Waals surface area contributed by atoms with Crippen molar-refractivity contribution >= 4 is 17.3 Å². The van der Waals surface area contributed by atoms with E-state index in [1.807, 2.05) is 0 Å². The summed E-state index contributed by atoms with van der Waals surface area (Å²) in [5.74, 6) is 0.600. The van der Waals surface area contributed by atoms with Crippen molar-refractivity contribution in [2.24, 2.45) is 0 Å². The number of benzene rings is 1. The van der Waals surface area contributed by atoms with Crippen molar-refractivity contribution in [2.45, 2.75) is 12.3 Å². The molecule has 2 rings (SSSR count). The fourth-order valence-corrected chi connectivity index (χ4v) is 2.28. The lowest BCUT2D eigenvalue weighted by molar-refractivity contribution is 0.360. The molecular formula is C13H19ClN2. The van der Waals surface area contributed by atoms with Crippen LogP contribution in [0.1, 0.15) is 12.0 Å². The second kappa shape index (κ2) is 5.55. The zero-order valence-corrected chi connectivity index (χ0v) is 10.6. The third-order valence-corrected chi connectivity index (χ3v) is 3.48. The van der Waals surface area contributed by atoms with Gasteiger partial charge in [0.25, 0.3) is 0 Å². The van der Waals surface area contributed by atoms with Gasteiger partial charge in [0.05, 0.1) is 0 Å². The van der Waals surface area contributed by atoms with E-state index in [2.05, 4.69) is 41.1 Å². The van der Waals surface area contributed by atoms with Crippen molar-refractivity contribution in [3.05, 3.63) is 29.8 Å². The Morgan fingerprint density at radius 3 is 2.50 bits per heavy atom. The van der Waals surface area contributed by atoms with Gasteiger partial charge in [-0.2, -0.15) is 0 Å². The van der Waals surface area contributed by atoms with Gasteiger partial charge >= 0.3 is 0 Å². The van der Waals surface area contributed by atoms with Crippen molar-refractivity contribution in [1.29, 1.82) is 0 Å². The predicted octanol–water partition coefficient (Wildman–Crippen LogP) is 2.57. The molecule has 0 amide bonds. The zero-order valence-electron chi connectivity index (χ0n) is 9.82. The highest BCUT2D eigenvalue weighted by molar-refractivity contribution is 6.17. The van der Waals surface area contributed by atoms with Crippen LogP contribution in [0.2, 0.25) is 0 Å². The van der Waals surface area contributed by atoms with Crippen LogP contribution in [0, 0.1) is 0 Å². The normalized spacial score (nSPS) is 18.5. The van der Waals surface area contributed by atoms with Crippen LogP contribution in [-0.4, -0.2) is 38.1 Å². The number of rotatable bonds is 2. The van der Waals surface area contributed by atoms with Gasteiger partial charge in [0, 0.05) is 31.2 Å². The average Bonchev–Trinajstić information content (AvgIpc) is 2.54. The lowest BCUT2D eigenvalue weighted by Gasteiger charge is -2.22. The minimum Gasteiger partial charge on any atom is -0.370 e. The summed E-state index contributed by atoms with van der Waals surface area (Å²) in [6, 6.07) is 8.61. The van der Waals surface area contributed by atoms with Gasteiger partial charge in [0.2, 0.25) is 0 Å². The van der Waals surface area contributed by atoms with Crippen LogP contribution in [0.4, 0.5) is 5.69 Å². The first-order valence-electron chi connectivity index (χ1n) is 5.88. The van der Waals surface area contributed by atoms with E-state index >= 15 is 0 Å². The zero-order chi connectivity index (χ0) is 11.4. The Morgan fingerprint density at radius 2 is 1.81 bits per heavy atom. The molecule has 2 nitrogen and oxygen atoms in total. The fourth-order valence-electron chi connectivity index (χ4n) is 2.10. The number of hydrogen-bond donors (Lipinski definition) is 0. The van der Waals surface area contributed by atoms with Gasteiger partial charge in [-0.25, -0.2) is 0 Å². The molecule has 0 aromatic heterocycles. The van der Waals surface area contributed by atoms with E-state index in [0.29, 0.717) is 5.88 Å². The van der Waals surface area contributed by atoms with E-state index in [9.17, 15) is 0 Å². The third kappa shape index (κ3) is 2.89. The van der Waals surface area contributed by atoms with Crippen molar-refractivity contribution in [2.75, 3.05) is 38.1 Å². The molecule has 0 radical (unpaired) electrons. The van der Waals surface area contributed by atoms with Crippen molar-refractivity contribution in [3.8, 4) is 0 Å². The summed E-state index contributed by atoms with van der Waals surface area (Å²) in [7, 11) is 2.19. The monoisotopic (exact) mass is 238 g/mol. The summed E-state index contributed by atoms with van der Waals surface area (Å²) < 4.78 is 0. The Hall–Kier alpha value is -0.730. The van der Waals surface area contributed by atoms with Gasteiger partial charge in [0.15, 0.2) is 0 Å². The molecule has 1 aliphatic heterocycles. The highest BCUT2D eigenvalue weighted by Gasteiger charge is 2.12. The highest BCUT2D eigenvalue weighted by atomic mass is 35.5. The van der Waals surface area contributed by atoms with Crippen LogP contribution in [0.15, 0.2) is 24.3 Å². The molecule has 1 aliphatic rings. The molecule has 1 fully saturated rings. The number of nitrogens with zero attached hydrogens (tertiary/aromatic N) is 2. The summed E-state index contributed by atoms with van der Waals surface area (Å²) in [5.41, 5.74) is 2.52. The van der Waals surface area contributed by atoms with E-state index in [1.54, 1.807) is 0 Å². The topological polar surface area (TPSA) is 6.48 Å². The highest BCUT2D eigenvalue weighted by Crippen LogP contribution is 2.17. The van der Waals surface area contributed by atoms with Gasteiger partial charge < -0.3 is 9.80 Å². The van der Waals surface area contributed by atoms with Gasteiger partial charge in [-0.3, -0.25) is 0 Å². The Bertz CT molecular complexity index is 323. The number of anilines is 1. The molecular weight excluding hydrogens is 220 g/mol. The summed E-state index contributed by atoms with van der Waals surface area (Å²) >= 11 is 5.79. The molecule has 1 aromatic rings. The van der Waals surface area contributed by atoms with Crippen molar-refractivity contribution in [1.82, 2.24) is 4.90 Å². The maximum Gasteiger partial charge on any atom is 0.0474 e. The van der Waals surface area contributed by atoms with E-state index in [-0.39, 0.29) is 0 Å². The molecule has 1 saturated heterocycles. The third-order valence-electron chi connectivity index (χ3n) is 3.18. The molecule has 0 atom stereocenters. The standard InChI is InChI=1S/C13H19ClN2/c1-15-7-2-8-16(10-9-15)13-5-3-12(11-14)4-6-13/h3-6H,2,7-11H2,1H3. The number of alkyl halides is 1. The van der Waals surface area contributed by atoms with Gasteiger partial charge in [-0.1, -0.05) is 12.1 Å². The Balaban J connectivity index is 2.04. The van der Waals surface area contributed by atoms with Gasteiger partial charge in [-0.15, -0.1) is 11.6 Å². The molecule has 0 N–H and O–H groups in total. The molecule has 0 aliphatic carbocycles. The molecule has 0 spiro atoms. The summed E-state index contributed by atoms with van der Waals surface area (Å²) in [4.78, 5) is 4.86. The summed E-state index contributed by atoms with van der Waals surface area (Å²) in [6.45, 7) is 4.63. The lowest BCUT2D eigenvalue weighted by atomic mass is 10.2. The van der Waals surface area contributed by atoms with Crippen molar-refractivity contribution < 1.29 is 0 Å². The van der Waals surface area contributed by atoms with E-state index < -0.39 is 0 Å². The minimum absolute atomic E-state index is 0.600. The first-order chi connectivity index (χ1) is 7.79. The number of hydrogen-bond acceptors (Lipinski definition) is 2. The van der Waals surface area contributed by atoms with Crippen LogP contribution in [-0.2, 0) is 5.88 Å². The van der Waals surface area contributed by atoms with Crippen LogP contribution >= 0.6 is 11.6 Å². The summed E-state index contributed by atoms with van der Waals surface area (Å²) in [5, 5.41) is 0. The maximum absolute atomic E-state index is 5.79. The average molecular weight is 239 g/mol. The Kier molecular flexibility index (Phi) is 4.08. The van der Waals surface area contributed by atoms with Crippen LogP contribution in [0.5, 0.6) is 0 Å². The molecule has 16 heavy (non-hydrogen) atoms. The van der Waals surface area contributed by atoms with E-state index in [1.165, 1.54) is 24.2 Å². The smallest absolute Gasteiger partial charge is 0.0474 e. The Labute approximate surface area is 103 Å².